The van der Waals surface area contributed by atoms with E-state index in [0.29, 0.717) is 11.4 Å². The average molecular weight is 170 g/mol. The van der Waals surface area contributed by atoms with E-state index in [2.05, 4.69) is 9.97 Å². The molecule has 0 amide bonds. The predicted octanol–water partition coefficient (Wildman–Crippen LogP) is 0.304. The van der Waals surface area contributed by atoms with E-state index >= 15 is 0 Å². The summed E-state index contributed by atoms with van der Waals surface area (Å²) in [5, 5.41) is 0.458. The Balaban J connectivity index is 3.22. The number of thioether (sulfide) groups is 1. The molecule has 0 bridgehead atoms. The highest BCUT2D eigenvalue weighted by atomic mass is 32.2. The Hall–Kier alpha value is -1.10. The van der Waals surface area contributed by atoms with Gasteiger partial charge >= 0.3 is 0 Å². The first-order valence-electron chi connectivity index (χ1n) is 2.87. The molecule has 1 heterocycles. The minimum Gasteiger partial charge on any atom is -0.301 e. The fraction of sp³-hybridized carbons (Fsp3) is 0.167. The third-order valence-electron chi connectivity index (χ3n) is 1.05. The molecule has 5 heteroatoms. The van der Waals surface area contributed by atoms with E-state index in [-0.39, 0.29) is 11.3 Å². The molecule has 0 saturated carbocycles. The fourth-order valence-corrected chi connectivity index (χ4v) is 1.01. The topological polar surface area (TPSA) is 62.8 Å². The van der Waals surface area contributed by atoms with Gasteiger partial charge in [-0.25, -0.2) is 4.98 Å². The molecule has 0 aliphatic heterocycles. The first-order chi connectivity index (χ1) is 5.26. The highest BCUT2D eigenvalue weighted by molar-refractivity contribution is 7.98. The third kappa shape index (κ3) is 1.91. The molecular weight excluding hydrogens is 164 g/mol. The van der Waals surface area contributed by atoms with Crippen LogP contribution in [-0.2, 0) is 0 Å². The summed E-state index contributed by atoms with van der Waals surface area (Å²) in [7, 11) is 0. The number of nitrogens with one attached hydrogen (secondary N) is 1. The van der Waals surface area contributed by atoms with Crippen molar-refractivity contribution in [1.29, 1.82) is 0 Å². The number of nitrogens with zero attached hydrogens (tertiary/aromatic N) is 1. The van der Waals surface area contributed by atoms with Crippen molar-refractivity contribution in [3.8, 4) is 0 Å². The highest BCUT2D eigenvalue weighted by Gasteiger charge is 1.97. The van der Waals surface area contributed by atoms with Gasteiger partial charge < -0.3 is 4.98 Å². The number of aromatic amines is 1. The molecule has 0 aliphatic rings. The van der Waals surface area contributed by atoms with Gasteiger partial charge in [0.05, 0.1) is 0 Å². The molecule has 1 aromatic rings. The van der Waals surface area contributed by atoms with Gasteiger partial charge in [0.2, 0.25) is 0 Å². The molecule has 0 radical (unpaired) electrons. The monoisotopic (exact) mass is 170 g/mol. The van der Waals surface area contributed by atoms with Crippen LogP contribution in [0.25, 0.3) is 0 Å². The normalized spacial score (nSPS) is 9.55. The molecule has 1 aromatic heterocycles. The lowest BCUT2D eigenvalue weighted by atomic mass is 10.4. The van der Waals surface area contributed by atoms with Gasteiger partial charge in [-0.2, -0.15) is 0 Å². The Morgan fingerprint density at radius 1 is 1.73 bits per heavy atom. The molecule has 0 spiro atoms. The van der Waals surface area contributed by atoms with Gasteiger partial charge in [-0.15, -0.1) is 0 Å². The Bertz CT molecular complexity index is 321. The summed E-state index contributed by atoms with van der Waals surface area (Å²) in [5.74, 6) is 0. The second-order valence-corrected chi connectivity index (χ2v) is 2.59. The maximum Gasteiger partial charge on any atom is 0.252 e. The zero-order chi connectivity index (χ0) is 8.27. The van der Waals surface area contributed by atoms with E-state index in [1.54, 1.807) is 6.26 Å². The zero-order valence-electron chi connectivity index (χ0n) is 5.83. The summed E-state index contributed by atoms with van der Waals surface area (Å²) in [6, 6.07) is 1.16. The summed E-state index contributed by atoms with van der Waals surface area (Å²) in [6.45, 7) is 0. The van der Waals surface area contributed by atoms with E-state index in [0.717, 1.165) is 6.07 Å². The zero-order valence-corrected chi connectivity index (χ0v) is 6.64. The molecule has 0 atom stereocenters. The second kappa shape index (κ2) is 3.34. The van der Waals surface area contributed by atoms with Crippen LogP contribution in [0.2, 0.25) is 0 Å². The van der Waals surface area contributed by atoms with Gasteiger partial charge in [-0.1, -0.05) is 11.8 Å². The number of rotatable bonds is 2. The van der Waals surface area contributed by atoms with Gasteiger partial charge in [0.15, 0.2) is 11.4 Å². The van der Waals surface area contributed by atoms with E-state index < -0.39 is 0 Å². The summed E-state index contributed by atoms with van der Waals surface area (Å²) < 4.78 is 0. The van der Waals surface area contributed by atoms with Crippen LogP contribution in [0.1, 0.15) is 10.5 Å². The summed E-state index contributed by atoms with van der Waals surface area (Å²) >= 11 is 1.29. The van der Waals surface area contributed by atoms with Gasteiger partial charge in [-0.05, 0) is 6.26 Å². The standard InChI is InChI=1S/C6H6N2O2S/c1-11-6-7-4(3-9)2-5(10)8-6/h2-3H,1H3,(H,7,8,10). The Morgan fingerprint density at radius 3 is 3.00 bits per heavy atom. The number of carbonyl (C=O) groups excluding carboxylic acids is 1. The minimum atomic E-state index is -0.300. The summed E-state index contributed by atoms with van der Waals surface area (Å²) in [5.41, 5.74) is -0.135. The van der Waals surface area contributed by atoms with Gasteiger partial charge in [0.25, 0.3) is 5.56 Å². The lowest BCUT2D eigenvalue weighted by Crippen LogP contribution is -2.09. The average Bonchev–Trinajstić information content (AvgIpc) is 2.03. The minimum absolute atomic E-state index is 0.165. The summed E-state index contributed by atoms with van der Waals surface area (Å²) in [4.78, 5) is 27.2. The molecule has 0 saturated heterocycles. The molecule has 1 rings (SSSR count). The Labute approximate surface area is 67.0 Å². The van der Waals surface area contributed by atoms with Crippen LogP contribution >= 0.6 is 11.8 Å². The molecule has 58 valence electrons. The molecule has 4 nitrogen and oxygen atoms in total. The number of carbonyl (C=O) groups is 1. The van der Waals surface area contributed by atoms with Crippen molar-refractivity contribution in [2.45, 2.75) is 5.16 Å². The van der Waals surface area contributed by atoms with Crippen LogP contribution in [0.5, 0.6) is 0 Å². The molecule has 0 aliphatic carbocycles. The van der Waals surface area contributed by atoms with Crippen molar-refractivity contribution >= 4 is 18.0 Å². The van der Waals surface area contributed by atoms with Crippen molar-refractivity contribution in [2.24, 2.45) is 0 Å². The first kappa shape index (κ1) is 8.00. The summed E-state index contributed by atoms with van der Waals surface area (Å²) in [6.07, 6.45) is 2.32. The van der Waals surface area contributed by atoms with Crippen molar-refractivity contribution in [1.82, 2.24) is 9.97 Å². The maximum atomic E-state index is 10.8. The lowest BCUT2D eigenvalue weighted by Gasteiger charge is -1.93. The highest BCUT2D eigenvalue weighted by Crippen LogP contribution is 2.03. The smallest absolute Gasteiger partial charge is 0.252 e. The molecule has 0 fully saturated rings. The Kier molecular flexibility index (Phi) is 2.43. The predicted molar refractivity (Wildman–Crippen MR) is 42.0 cm³/mol. The molecule has 0 aromatic carbocycles. The SMILES string of the molecule is CSc1nc(C=O)cc(=O)[nH]1. The van der Waals surface area contributed by atoms with E-state index in [4.69, 9.17) is 0 Å². The fourth-order valence-electron chi connectivity index (χ4n) is 0.610. The number of aromatic nitrogens is 2. The molecular formula is C6H6N2O2S. The van der Waals surface area contributed by atoms with Crippen LogP contribution in [-0.4, -0.2) is 22.5 Å². The first-order valence-corrected chi connectivity index (χ1v) is 4.09. The van der Waals surface area contributed by atoms with Crippen LogP contribution in [0.15, 0.2) is 16.0 Å². The van der Waals surface area contributed by atoms with E-state index in [9.17, 15) is 9.59 Å². The van der Waals surface area contributed by atoms with Crippen LogP contribution in [0, 0.1) is 0 Å². The number of hydrogen-bond donors (Lipinski definition) is 1. The van der Waals surface area contributed by atoms with Crippen molar-refractivity contribution in [3.63, 3.8) is 0 Å². The third-order valence-corrected chi connectivity index (χ3v) is 1.63. The quantitative estimate of drug-likeness (QED) is 0.394. The van der Waals surface area contributed by atoms with Crippen LogP contribution in [0.4, 0.5) is 0 Å². The van der Waals surface area contributed by atoms with Crippen LogP contribution in [0.3, 0.4) is 0 Å². The van der Waals surface area contributed by atoms with Crippen LogP contribution < -0.4 is 5.56 Å². The maximum absolute atomic E-state index is 10.8. The van der Waals surface area contributed by atoms with Crippen molar-refractivity contribution in [2.75, 3.05) is 6.26 Å². The van der Waals surface area contributed by atoms with Gasteiger partial charge in [-0.3, -0.25) is 9.59 Å². The van der Waals surface area contributed by atoms with Gasteiger partial charge in [0.1, 0.15) is 5.69 Å². The number of aldehydes is 1. The Morgan fingerprint density at radius 2 is 2.45 bits per heavy atom. The number of hydrogen-bond acceptors (Lipinski definition) is 4. The largest absolute Gasteiger partial charge is 0.301 e. The molecule has 0 unspecified atom stereocenters. The van der Waals surface area contributed by atoms with E-state index in [1.165, 1.54) is 11.8 Å². The van der Waals surface area contributed by atoms with Crippen molar-refractivity contribution < 1.29 is 4.79 Å². The lowest BCUT2D eigenvalue weighted by molar-refractivity contribution is 0.111. The second-order valence-electron chi connectivity index (χ2n) is 1.80. The van der Waals surface area contributed by atoms with Crippen molar-refractivity contribution in [3.05, 3.63) is 22.1 Å². The van der Waals surface area contributed by atoms with E-state index in [1.807, 2.05) is 0 Å². The van der Waals surface area contributed by atoms with Gasteiger partial charge in [0, 0.05) is 6.07 Å². The number of H-pyrrole nitrogens is 1. The molecule has 11 heavy (non-hydrogen) atoms. The molecule has 1 N–H and O–H groups in total.